The summed E-state index contributed by atoms with van der Waals surface area (Å²) >= 11 is 0. The molecule has 0 aliphatic carbocycles. The number of carbonyl (C=O) groups is 1. The maximum absolute atomic E-state index is 13.0. The second-order valence-electron chi connectivity index (χ2n) is 6.91. The quantitative estimate of drug-likeness (QED) is 0.743. The number of methoxy groups -OCH3 is 2. The summed E-state index contributed by atoms with van der Waals surface area (Å²) in [4.78, 5) is 19.7. The number of pyridine rings is 1. The molecule has 2 fully saturated rings. The minimum Gasteiger partial charge on any atom is -0.497 e. The molecule has 0 bridgehead atoms. The highest BCUT2D eigenvalue weighted by Crippen LogP contribution is 2.32. The van der Waals surface area contributed by atoms with Gasteiger partial charge in [-0.25, -0.2) is 4.98 Å². The Bertz CT molecular complexity index is 840. The normalized spacial score (nSPS) is 19.6. The van der Waals surface area contributed by atoms with E-state index in [9.17, 15) is 4.79 Å². The number of carbonyl (C=O) groups excluding carboxylic acids is 1. The van der Waals surface area contributed by atoms with E-state index in [1.165, 1.54) is 6.42 Å². The van der Waals surface area contributed by atoms with Gasteiger partial charge < -0.3 is 25.0 Å². The lowest BCUT2D eigenvalue weighted by Crippen LogP contribution is -2.31. The number of hydrogen-bond donors (Lipinski definition) is 2. The van der Waals surface area contributed by atoms with Crippen molar-refractivity contribution < 1.29 is 14.3 Å². The van der Waals surface area contributed by atoms with Gasteiger partial charge in [0.05, 0.1) is 25.5 Å². The zero-order valence-corrected chi connectivity index (χ0v) is 18.0. The van der Waals surface area contributed by atoms with Crippen molar-refractivity contribution in [2.75, 3.05) is 44.1 Å². The number of nitrogens with one attached hydrogen (secondary N) is 2. The smallest absolute Gasteiger partial charge is 0.259 e. The van der Waals surface area contributed by atoms with Gasteiger partial charge in [-0.15, -0.1) is 24.8 Å². The SMILES string of the molecule is COc1ccc(NC(=O)c2cccnc2N2C[C@@H]3CCN[C@@H]3C2)c(OC)c1.Cl.Cl. The number of nitrogens with zero attached hydrogens (tertiary/aromatic N) is 2. The van der Waals surface area contributed by atoms with E-state index >= 15 is 0 Å². The molecule has 2 aromatic rings. The number of hydrogen-bond acceptors (Lipinski definition) is 6. The van der Waals surface area contributed by atoms with Crippen LogP contribution in [0.5, 0.6) is 11.5 Å². The molecule has 0 radical (unpaired) electrons. The van der Waals surface area contributed by atoms with Gasteiger partial charge in [0.1, 0.15) is 17.3 Å². The number of aromatic nitrogens is 1. The topological polar surface area (TPSA) is 75.7 Å². The Balaban J connectivity index is 0.00000150. The molecule has 0 spiro atoms. The average Bonchev–Trinajstić information content (AvgIpc) is 3.30. The van der Waals surface area contributed by atoms with Crippen molar-refractivity contribution in [3.63, 3.8) is 0 Å². The molecule has 1 amide bonds. The van der Waals surface area contributed by atoms with E-state index in [4.69, 9.17) is 9.47 Å². The summed E-state index contributed by atoms with van der Waals surface area (Å²) in [6.45, 7) is 2.89. The van der Waals surface area contributed by atoms with E-state index in [1.54, 1.807) is 44.7 Å². The maximum atomic E-state index is 13.0. The van der Waals surface area contributed by atoms with Crippen LogP contribution >= 0.6 is 24.8 Å². The van der Waals surface area contributed by atoms with Gasteiger partial charge >= 0.3 is 0 Å². The predicted molar refractivity (Wildman–Crippen MR) is 118 cm³/mol. The molecule has 2 aliphatic heterocycles. The Kier molecular flexibility index (Phi) is 7.96. The highest BCUT2D eigenvalue weighted by atomic mass is 35.5. The van der Waals surface area contributed by atoms with Crippen molar-refractivity contribution in [2.24, 2.45) is 5.92 Å². The third-order valence-electron chi connectivity index (χ3n) is 5.35. The van der Waals surface area contributed by atoms with Gasteiger partial charge in [-0.1, -0.05) is 0 Å². The molecule has 2 atom stereocenters. The first kappa shape index (κ1) is 23.1. The molecule has 3 heterocycles. The largest absolute Gasteiger partial charge is 0.497 e. The molecule has 2 N–H and O–H groups in total. The zero-order valence-electron chi connectivity index (χ0n) is 16.4. The fraction of sp³-hybridized carbons (Fsp3) is 0.400. The van der Waals surface area contributed by atoms with Gasteiger partial charge in [-0.2, -0.15) is 0 Å². The molecule has 158 valence electrons. The lowest BCUT2D eigenvalue weighted by Gasteiger charge is -2.21. The summed E-state index contributed by atoms with van der Waals surface area (Å²) in [5.74, 6) is 2.38. The minimum atomic E-state index is -0.202. The molecule has 1 aromatic heterocycles. The number of anilines is 2. The standard InChI is InChI=1S/C20H24N4O3.2ClH/c1-26-14-5-6-16(18(10-14)27-2)23-20(25)15-4-3-8-22-19(15)24-11-13-7-9-21-17(13)12-24;;/h3-6,8,10,13,17,21H,7,9,11-12H2,1-2H3,(H,23,25);2*1H/t13-,17+;;/m0../s1. The second-order valence-corrected chi connectivity index (χ2v) is 6.91. The summed E-state index contributed by atoms with van der Waals surface area (Å²) in [7, 11) is 3.16. The van der Waals surface area contributed by atoms with Gasteiger partial charge in [-0.3, -0.25) is 4.79 Å². The molecule has 0 saturated carbocycles. The van der Waals surface area contributed by atoms with Crippen LogP contribution in [0.2, 0.25) is 0 Å². The van der Waals surface area contributed by atoms with Crippen LogP contribution in [0.4, 0.5) is 11.5 Å². The van der Waals surface area contributed by atoms with Crippen molar-refractivity contribution in [1.29, 1.82) is 0 Å². The van der Waals surface area contributed by atoms with Crippen LogP contribution in [-0.4, -0.2) is 50.8 Å². The maximum Gasteiger partial charge on any atom is 0.259 e. The lowest BCUT2D eigenvalue weighted by molar-refractivity contribution is 0.102. The Morgan fingerprint density at radius 1 is 1.21 bits per heavy atom. The summed E-state index contributed by atoms with van der Waals surface area (Å²) in [6.07, 6.45) is 2.92. The number of halogens is 2. The van der Waals surface area contributed by atoms with Gasteiger partial charge in [-0.05, 0) is 43.1 Å². The molecule has 0 unspecified atom stereocenters. The zero-order chi connectivity index (χ0) is 18.8. The Hall–Kier alpha value is -2.22. The van der Waals surface area contributed by atoms with E-state index in [-0.39, 0.29) is 30.7 Å². The average molecular weight is 441 g/mol. The molecule has 2 aliphatic rings. The van der Waals surface area contributed by atoms with Crippen molar-refractivity contribution in [3.05, 3.63) is 42.1 Å². The fourth-order valence-electron chi connectivity index (χ4n) is 3.94. The third kappa shape index (κ3) is 4.69. The second kappa shape index (κ2) is 10.0. The summed E-state index contributed by atoms with van der Waals surface area (Å²) in [6, 6.07) is 9.40. The van der Waals surface area contributed by atoms with Gasteiger partial charge in [0, 0.05) is 31.4 Å². The predicted octanol–water partition coefficient (Wildman–Crippen LogP) is 2.99. The Morgan fingerprint density at radius 3 is 2.76 bits per heavy atom. The van der Waals surface area contributed by atoms with E-state index in [0.29, 0.717) is 34.7 Å². The molecular formula is C20H26Cl2N4O3. The van der Waals surface area contributed by atoms with E-state index in [2.05, 4.69) is 20.5 Å². The van der Waals surface area contributed by atoms with E-state index in [0.717, 1.165) is 25.5 Å². The van der Waals surface area contributed by atoms with Crippen LogP contribution in [0.15, 0.2) is 36.5 Å². The summed E-state index contributed by atoms with van der Waals surface area (Å²) < 4.78 is 10.6. The highest BCUT2D eigenvalue weighted by molar-refractivity contribution is 6.08. The minimum absolute atomic E-state index is 0. The molecule has 1 aromatic carbocycles. The fourth-order valence-corrected chi connectivity index (χ4v) is 3.94. The number of ether oxygens (including phenoxy) is 2. The van der Waals surface area contributed by atoms with Crippen molar-refractivity contribution in [2.45, 2.75) is 12.5 Å². The van der Waals surface area contributed by atoms with Crippen molar-refractivity contribution in [3.8, 4) is 11.5 Å². The monoisotopic (exact) mass is 440 g/mol. The summed E-state index contributed by atoms with van der Waals surface area (Å²) in [5.41, 5.74) is 1.16. The summed E-state index contributed by atoms with van der Waals surface area (Å²) in [5, 5.41) is 6.48. The number of benzene rings is 1. The molecule has 9 heteroatoms. The van der Waals surface area contributed by atoms with Crippen LogP contribution in [0.25, 0.3) is 0 Å². The lowest BCUT2D eigenvalue weighted by atomic mass is 10.1. The molecule has 2 saturated heterocycles. The molecule has 4 rings (SSSR count). The van der Waals surface area contributed by atoms with Crippen LogP contribution in [0.1, 0.15) is 16.8 Å². The molecule has 29 heavy (non-hydrogen) atoms. The molecule has 7 nitrogen and oxygen atoms in total. The first-order valence-electron chi connectivity index (χ1n) is 9.16. The van der Waals surface area contributed by atoms with Gasteiger partial charge in [0.25, 0.3) is 5.91 Å². The highest BCUT2D eigenvalue weighted by Gasteiger charge is 2.37. The van der Waals surface area contributed by atoms with Gasteiger partial charge in [0.2, 0.25) is 0 Å². The number of amides is 1. The van der Waals surface area contributed by atoms with Gasteiger partial charge in [0.15, 0.2) is 0 Å². The van der Waals surface area contributed by atoms with Crippen molar-refractivity contribution >= 4 is 42.2 Å². The molecular weight excluding hydrogens is 415 g/mol. The first-order valence-corrected chi connectivity index (χ1v) is 9.16. The third-order valence-corrected chi connectivity index (χ3v) is 5.35. The van der Waals surface area contributed by atoms with E-state index < -0.39 is 0 Å². The van der Waals surface area contributed by atoms with Crippen LogP contribution in [0.3, 0.4) is 0 Å². The van der Waals surface area contributed by atoms with E-state index in [1.807, 2.05) is 6.07 Å². The number of rotatable bonds is 5. The van der Waals surface area contributed by atoms with Crippen LogP contribution < -0.4 is 25.0 Å². The number of fused-ring (bicyclic) bond motifs is 1. The van der Waals surface area contributed by atoms with Crippen LogP contribution in [0, 0.1) is 5.92 Å². The van der Waals surface area contributed by atoms with Crippen LogP contribution in [-0.2, 0) is 0 Å². The Morgan fingerprint density at radius 2 is 2.03 bits per heavy atom. The van der Waals surface area contributed by atoms with Crippen molar-refractivity contribution in [1.82, 2.24) is 10.3 Å². The Labute approximate surface area is 183 Å². The first-order chi connectivity index (χ1) is 13.2.